The van der Waals surface area contributed by atoms with Crippen molar-refractivity contribution in [2.75, 3.05) is 24.5 Å². The summed E-state index contributed by atoms with van der Waals surface area (Å²) in [7, 11) is 0. The van der Waals surface area contributed by atoms with Gasteiger partial charge in [0.2, 0.25) is 5.91 Å². The average molecular weight is 495 g/mol. The molecule has 8 heteroatoms. The Morgan fingerprint density at radius 2 is 1.51 bits per heavy atom. The first-order valence-electron chi connectivity index (χ1n) is 11.3. The van der Waals surface area contributed by atoms with E-state index in [2.05, 4.69) is 22.0 Å². The van der Waals surface area contributed by atoms with Crippen LogP contribution in [0.5, 0.6) is 0 Å². The van der Waals surface area contributed by atoms with Crippen LogP contribution in [0.3, 0.4) is 0 Å². The zero-order chi connectivity index (χ0) is 23.7. The Bertz CT molecular complexity index is 1330. The minimum atomic E-state index is -0.308. The van der Waals surface area contributed by atoms with E-state index in [4.69, 9.17) is 0 Å². The minimum Gasteiger partial charge on any atom is -0.348 e. The summed E-state index contributed by atoms with van der Waals surface area (Å²) in [5.41, 5.74) is 2.32. The molecular formula is C27H25ClF2N4O. The summed E-state index contributed by atoms with van der Waals surface area (Å²) < 4.78 is 26.6. The fourth-order valence-electron chi connectivity index (χ4n) is 4.51. The van der Waals surface area contributed by atoms with Crippen LogP contribution in [0.25, 0.3) is 22.0 Å². The summed E-state index contributed by atoms with van der Waals surface area (Å²) in [5.74, 6) is 0.204. The molecule has 1 fully saturated rings. The van der Waals surface area contributed by atoms with Gasteiger partial charge in [-0.05, 0) is 48.9 Å². The second-order valence-electron chi connectivity index (χ2n) is 8.61. The lowest BCUT2D eigenvalue weighted by atomic mass is 10.0. The molecule has 1 amide bonds. The van der Waals surface area contributed by atoms with E-state index in [9.17, 15) is 13.6 Å². The molecule has 0 saturated carbocycles. The number of rotatable bonds is 4. The Morgan fingerprint density at radius 1 is 0.886 bits per heavy atom. The van der Waals surface area contributed by atoms with Crippen LogP contribution in [0.15, 0.2) is 72.8 Å². The maximum absolute atomic E-state index is 13.4. The van der Waals surface area contributed by atoms with Gasteiger partial charge in [0.25, 0.3) is 0 Å². The first kappa shape index (κ1) is 24.5. The van der Waals surface area contributed by atoms with Crippen molar-refractivity contribution in [2.45, 2.75) is 19.4 Å². The second-order valence-corrected chi connectivity index (χ2v) is 8.61. The summed E-state index contributed by atoms with van der Waals surface area (Å²) in [5, 5.41) is 11.0. The third kappa shape index (κ3) is 5.10. The molecule has 0 unspecified atom stereocenters. The highest BCUT2D eigenvalue weighted by Gasteiger charge is 2.29. The van der Waals surface area contributed by atoms with Crippen LogP contribution in [0.1, 0.15) is 12.5 Å². The van der Waals surface area contributed by atoms with Crippen LogP contribution in [0.4, 0.5) is 14.6 Å². The average Bonchev–Trinajstić information content (AvgIpc) is 2.85. The second kappa shape index (κ2) is 10.4. The number of piperazine rings is 1. The highest BCUT2D eigenvalue weighted by Crippen LogP contribution is 2.33. The van der Waals surface area contributed by atoms with Crippen molar-refractivity contribution in [3.63, 3.8) is 0 Å². The highest BCUT2D eigenvalue weighted by atomic mass is 35.5. The quantitative estimate of drug-likeness (QED) is 0.387. The Kier molecular flexibility index (Phi) is 7.26. The van der Waals surface area contributed by atoms with Gasteiger partial charge in [0, 0.05) is 42.0 Å². The van der Waals surface area contributed by atoms with Crippen molar-refractivity contribution < 1.29 is 13.6 Å². The number of amides is 1. The van der Waals surface area contributed by atoms with Crippen molar-refractivity contribution in [3.8, 4) is 11.3 Å². The molecule has 5 rings (SSSR count). The van der Waals surface area contributed by atoms with Gasteiger partial charge in [0.05, 0.1) is 6.42 Å². The molecule has 1 aliphatic rings. The van der Waals surface area contributed by atoms with Crippen molar-refractivity contribution in [1.29, 1.82) is 0 Å². The predicted octanol–water partition coefficient (Wildman–Crippen LogP) is 5.28. The summed E-state index contributed by atoms with van der Waals surface area (Å²) >= 11 is 0. The highest BCUT2D eigenvalue weighted by molar-refractivity contribution is 6.00. The van der Waals surface area contributed by atoms with E-state index < -0.39 is 0 Å². The molecule has 0 aliphatic carbocycles. The lowest BCUT2D eigenvalue weighted by Crippen LogP contribution is -2.54. The molecule has 4 aromatic rings. The molecule has 2 heterocycles. The van der Waals surface area contributed by atoms with Crippen LogP contribution in [0.2, 0.25) is 0 Å². The van der Waals surface area contributed by atoms with E-state index >= 15 is 0 Å². The number of hydrogen-bond donors (Lipinski definition) is 0. The maximum atomic E-state index is 13.4. The Labute approximate surface area is 208 Å². The van der Waals surface area contributed by atoms with Gasteiger partial charge in [-0.2, -0.15) is 0 Å². The molecule has 0 N–H and O–H groups in total. The van der Waals surface area contributed by atoms with Crippen LogP contribution < -0.4 is 4.90 Å². The van der Waals surface area contributed by atoms with Gasteiger partial charge in [-0.1, -0.05) is 36.4 Å². The molecule has 0 radical (unpaired) electrons. The lowest BCUT2D eigenvalue weighted by Gasteiger charge is -2.40. The van der Waals surface area contributed by atoms with E-state index in [-0.39, 0.29) is 42.4 Å². The first-order chi connectivity index (χ1) is 16.5. The molecular weight excluding hydrogens is 470 g/mol. The van der Waals surface area contributed by atoms with E-state index in [0.29, 0.717) is 25.3 Å². The van der Waals surface area contributed by atoms with E-state index in [1.165, 1.54) is 24.3 Å². The molecule has 1 saturated heterocycles. The number of benzene rings is 3. The summed E-state index contributed by atoms with van der Waals surface area (Å²) in [6, 6.07) is 20.3. The van der Waals surface area contributed by atoms with Crippen LogP contribution >= 0.6 is 12.4 Å². The number of carbonyl (C=O) groups is 1. The summed E-state index contributed by atoms with van der Waals surface area (Å²) in [6.45, 7) is 3.84. The van der Waals surface area contributed by atoms with Crippen molar-refractivity contribution in [1.82, 2.24) is 15.1 Å². The van der Waals surface area contributed by atoms with Crippen molar-refractivity contribution in [3.05, 3.63) is 90.0 Å². The molecule has 180 valence electrons. The number of hydrogen-bond acceptors (Lipinski definition) is 4. The topological polar surface area (TPSA) is 49.3 Å². The molecule has 1 atom stereocenters. The maximum Gasteiger partial charge on any atom is 0.227 e. The molecule has 5 nitrogen and oxygen atoms in total. The lowest BCUT2D eigenvalue weighted by molar-refractivity contribution is -0.131. The number of fused-ring (bicyclic) bond motifs is 1. The molecule has 1 aromatic heterocycles. The van der Waals surface area contributed by atoms with Crippen LogP contribution in [0, 0.1) is 11.6 Å². The standard InChI is InChI=1S/C27H24F2N4O.ClH/c1-18-17-32(25(34)16-19-6-10-21(28)11-7-19)14-15-33(18)27-24-5-3-2-4-23(24)26(30-31-27)20-8-12-22(29)13-9-20;/h2-13,18H,14-17H2,1H3;1H/t18-;/m1./s1. The summed E-state index contributed by atoms with van der Waals surface area (Å²) in [4.78, 5) is 16.9. The number of halogens is 3. The zero-order valence-corrected chi connectivity index (χ0v) is 20.0. The van der Waals surface area contributed by atoms with Gasteiger partial charge in [-0.15, -0.1) is 22.6 Å². The third-order valence-electron chi connectivity index (χ3n) is 6.31. The van der Waals surface area contributed by atoms with Gasteiger partial charge in [-0.3, -0.25) is 4.79 Å². The number of aromatic nitrogens is 2. The third-order valence-corrected chi connectivity index (χ3v) is 6.31. The smallest absolute Gasteiger partial charge is 0.227 e. The molecule has 3 aromatic carbocycles. The van der Waals surface area contributed by atoms with Crippen molar-refractivity contribution >= 4 is 34.9 Å². The Morgan fingerprint density at radius 3 is 2.17 bits per heavy atom. The van der Waals surface area contributed by atoms with Gasteiger partial charge >= 0.3 is 0 Å². The van der Waals surface area contributed by atoms with E-state index in [0.717, 1.165) is 27.7 Å². The molecule has 35 heavy (non-hydrogen) atoms. The Balaban J connectivity index is 0.00000289. The van der Waals surface area contributed by atoms with E-state index in [1.807, 2.05) is 29.2 Å². The van der Waals surface area contributed by atoms with Crippen molar-refractivity contribution in [2.24, 2.45) is 0 Å². The molecule has 0 bridgehead atoms. The Hall–Kier alpha value is -3.58. The van der Waals surface area contributed by atoms with Gasteiger partial charge in [0.15, 0.2) is 5.82 Å². The number of anilines is 1. The monoisotopic (exact) mass is 494 g/mol. The van der Waals surface area contributed by atoms with Crippen LogP contribution in [-0.2, 0) is 11.2 Å². The summed E-state index contributed by atoms with van der Waals surface area (Å²) in [6.07, 6.45) is 0.252. The fourth-order valence-corrected chi connectivity index (χ4v) is 4.51. The number of carbonyl (C=O) groups excluding carboxylic acids is 1. The molecule has 0 spiro atoms. The normalized spacial score (nSPS) is 15.7. The number of nitrogens with zero attached hydrogens (tertiary/aromatic N) is 4. The fraction of sp³-hybridized carbons (Fsp3) is 0.222. The first-order valence-corrected chi connectivity index (χ1v) is 11.3. The SMILES string of the molecule is C[C@@H]1CN(C(=O)Cc2ccc(F)cc2)CCN1c1nnc(-c2ccc(F)cc2)c2ccccc12.Cl. The zero-order valence-electron chi connectivity index (χ0n) is 19.2. The minimum absolute atomic E-state index is 0. The van der Waals surface area contributed by atoms with Crippen LogP contribution in [-0.4, -0.2) is 46.7 Å². The van der Waals surface area contributed by atoms with Gasteiger partial charge in [0.1, 0.15) is 17.3 Å². The van der Waals surface area contributed by atoms with Gasteiger partial charge < -0.3 is 9.80 Å². The predicted molar refractivity (Wildman–Crippen MR) is 136 cm³/mol. The molecule has 1 aliphatic heterocycles. The van der Waals surface area contributed by atoms with Gasteiger partial charge in [-0.25, -0.2) is 8.78 Å². The largest absolute Gasteiger partial charge is 0.348 e. The van der Waals surface area contributed by atoms with E-state index in [1.54, 1.807) is 24.3 Å².